The number of nitrogens with zero attached hydrogens (tertiary/aromatic N) is 2. The number of sulfonamides is 1. The minimum Gasteiger partial charge on any atom is -0.478 e. The molecule has 44 heavy (non-hydrogen) atoms. The average molecular weight is 629 g/mol. The van der Waals surface area contributed by atoms with Gasteiger partial charge in [0.15, 0.2) is 0 Å². The number of aliphatic carboxylic acids is 1. The van der Waals surface area contributed by atoms with Crippen molar-refractivity contribution in [3.05, 3.63) is 87.9 Å². The molecule has 1 N–H and O–H groups in total. The molecule has 2 heterocycles. The van der Waals surface area contributed by atoms with Crippen molar-refractivity contribution in [1.29, 1.82) is 0 Å². The van der Waals surface area contributed by atoms with E-state index in [4.69, 9.17) is 4.74 Å². The molecule has 0 bridgehead atoms. The highest BCUT2D eigenvalue weighted by Gasteiger charge is 2.48. The normalized spacial score (nSPS) is 20.4. The molecule has 7 rings (SSSR count). The van der Waals surface area contributed by atoms with Gasteiger partial charge in [0.05, 0.1) is 10.8 Å². The number of carboxylic acid groups (broad SMARTS) is 1. The van der Waals surface area contributed by atoms with Gasteiger partial charge in [-0.15, -0.1) is 0 Å². The van der Waals surface area contributed by atoms with E-state index in [-0.39, 0.29) is 46.3 Å². The molecule has 1 saturated heterocycles. The molecular formula is C32H28F4N2O5S. The minimum absolute atomic E-state index is 0.0673. The Morgan fingerprint density at radius 3 is 2.36 bits per heavy atom. The van der Waals surface area contributed by atoms with Crippen LogP contribution in [0, 0.1) is 11.7 Å². The van der Waals surface area contributed by atoms with Gasteiger partial charge in [0.1, 0.15) is 12.4 Å². The first-order chi connectivity index (χ1) is 20.9. The van der Waals surface area contributed by atoms with Crippen LogP contribution in [0.3, 0.4) is 0 Å². The van der Waals surface area contributed by atoms with Gasteiger partial charge in [0.2, 0.25) is 15.9 Å². The Hall–Kier alpha value is -3.77. The highest BCUT2D eigenvalue weighted by molar-refractivity contribution is 7.90. The van der Waals surface area contributed by atoms with E-state index in [2.05, 4.69) is 4.98 Å². The molecule has 7 nitrogen and oxygen atoms in total. The summed E-state index contributed by atoms with van der Waals surface area (Å²) in [6.45, 7) is 0.493. The minimum atomic E-state index is -4.79. The van der Waals surface area contributed by atoms with Crippen molar-refractivity contribution in [2.75, 3.05) is 13.1 Å². The van der Waals surface area contributed by atoms with Gasteiger partial charge in [-0.2, -0.15) is 13.2 Å². The Morgan fingerprint density at radius 2 is 1.73 bits per heavy atom. The first-order valence-corrected chi connectivity index (χ1v) is 16.0. The number of piperidine rings is 1. The second kappa shape index (κ2) is 10.4. The maximum Gasteiger partial charge on any atom is 0.417 e. The summed E-state index contributed by atoms with van der Waals surface area (Å²) in [6, 6.07) is 9.99. The lowest BCUT2D eigenvalue weighted by Crippen LogP contribution is -2.39. The molecule has 3 aromatic rings. The fourth-order valence-corrected chi connectivity index (χ4v) is 8.44. The van der Waals surface area contributed by atoms with Gasteiger partial charge in [0, 0.05) is 48.0 Å². The SMILES string of the molecule is O=C(O)C1=C2c3cnc(OCc4cc(-c5ccc(C6CCN(S(=O)(=O)C7CC7)CC6)cc5)c(C(F)(F)F)cc4F)cc3C[C@H]12. The van der Waals surface area contributed by atoms with Crippen LogP contribution in [-0.4, -0.2) is 47.1 Å². The zero-order valence-electron chi connectivity index (χ0n) is 23.4. The van der Waals surface area contributed by atoms with Crippen molar-refractivity contribution in [3.8, 4) is 17.0 Å². The summed E-state index contributed by atoms with van der Waals surface area (Å²) in [4.78, 5) is 15.5. The van der Waals surface area contributed by atoms with Gasteiger partial charge in [-0.25, -0.2) is 26.9 Å². The third-order valence-electron chi connectivity index (χ3n) is 9.13. The first kappa shape index (κ1) is 29.0. The number of allylic oxidation sites excluding steroid dienone is 1. The maximum atomic E-state index is 14.9. The van der Waals surface area contributed by atoms with Crippen molar-refractivity contribution >= 4 is 21.6 Å². The Morgan fingerprint density at radius 1 is 1.02 bits per heavy atom. The van der Waals surface area contributed by atoms with Crippen LogP contribution in [0.25, 0.3) is 16.7 Å². The van der Waals surface area contributed by atoms with Crippen molar-refractivity contribution < 1.29 is 40.6 Å². The lowest BCUT2D eigenvalue weighted by Gasteiger charge is -2.31. The number of carbonyl (C=O) groups is 1. The number of halogens is 4. The largest absolute Gasteiger partial charge is 0.478 e. The average Bonchev–Trinajstić information content (AvgIpc) is 3.92. The molecule has 0 radical (unpaired) electrons. The number of benzene rings is 2. The molecule has 0 unspecified atom stereocenters. The predicted molar refractivity (Wildman–Crippen MR) is 153 cm³/mol. The van der Waals surface area contributed by atoms with Crippen LogP contribution in [0.2, 0.25) is 0 Å². The van der Waals surface area contributed by atoms with E-state index in [1.54, 1.807) is 34.6 Å². The predicted octanol–water partition coefficient (Wildman–Crippen LogP) is 6.18. The maximum absolute atomic E-state index is 14.9. The smallest absolute Gasteiger partial charge is 0.417 e. The number of carboxylic acids is 1. The van der Waals surface area contributed by atoms with Crippen LogP contribution >= 0.6 is 0 Å². The van der Waals surface area contributed by atoms with Crippen LogP contribution < -0.4 is 4.74 Å². The van der Waals surface area contributed by atoms with Gasteiger partial charge < -0.3 is 9.84 Å². The second-order valence-electron chi connectivity index (χ2n) is 11.9. The summed E-state index contributed by atoms with van der Waals surface area (Å²) < 4.78 is 89.3. The van der Waals surface area contributed by atoms with Gasteiger partial charge in [-0.05, 0) is 78.0 Å². The molecule has 1 saturated carbocycles. The molecule has 0 amide bonds. The highest BCUT2D eigenvalue weighted by Crippen LogP contribution is 2.55. The molecular weight excluding hydrogens is 600 g/mol. The number of aromatic nitrogens is 1. The molecule has 0 spiro atoms. The molecule has 2 aromatic carbocycles. The number of alkyl halides is 3. The summed E-state index contributed by atoms with van der Waals surface area (Å²) in [5.41, 5.74) is 2.63. The van der Waals surface area contributed by atoms with Crippen LogP contribution in [0.4, 0.5) is 17.6 Å². The van der Waals surface area contributed by atoms with Gasteiger partial charge in [-0.3, -0.25) is 0 Å². The number of hydrogen-bond donors (Lipinski definition) is 1. The van der Waals surface area contributed by atoms with Crippen LogP contribution in [0.5, 0.6) is 5.88 Å². The summed E-state index contributed by atoms with van der Waals surface area (Å²) >= 11 is 0. The number of hydrogen-bond acceptors (Lipinski definition) is 5. The zero-order valence-corrected chi connectivity index (χ0v) is 24.2. The molecule has 3 aliphatic carbocycles. The third-order valence-corrected chi connectivity index (χ3v) is 11.5. The van der Waals surface area contributed by atoms with Crippen LogP contribution in [0.15, 0.2) is 54.2 Å². The van der Waals surface area contributed by atoms with Crippen LogP contribution in [-0.2, 0) is 34.0 Å². The molecule has 1 aliphatic heterocycles. The van der Waals surface area contributed by atoms with Crippen molar-refractivity contribution in [1.82, 2.24) is 9.29 Å². The first-order valence-electron chi connectivity index (χ1n) is 14.5. The van der Waals surface area contributed by atoms with Crippen LogP contribution in [0.1, 0.15) is 59.4 Å². The van der Waals surface area contributed by atoms with E-state index in [1.807, 2.05) is 0 Å². The van der Waals surface area contributed by atoms with Crippen molar-refractivity contribution in [2.24, 2.45) is 5.92 Å². The molecule has 230 valence electrons. The fourth-order valence-electron chi connectivity index (χ4n) is 6.56. The third kappa shape index (κ3) is 5.17. The Labute approximate surface area is 251 Å². The van der Waals surface area contributed by atoms with E-state index < -0.39 is 33.5 Å². The Balaban J connectivity index is 1.08. The summed E-state index contributed by atoms with van der Waals surface area (Å²) in [7, 11) is -3.23. The van der Waals surface area contributed by atoms with E-state index in [0.29, 0.717) is 56.8 Å². The molecule has 1 atom stereocenters. The Kier molecular flexibility index (Phi) is 6.85. The Bertz CT molecular complexity index is 1810. The quantitative estimate of drug-likeness (QED) is 0.300. The zero-order chi connectivity index (χ0) is 31.0. The number of rotatable bonds is 8. The summed E-state index contributed by atoms with van der Waals surface area (Å²) in [5.74, 6) is -1.86. The van der Waals surface area contributed by atoms with E-state index in [9.17, 15) is 35.9 Å². The fraction of sp³-hybridized carbons (Fsp3) is 0.375. The number of ether oxygens (including phenoxy) is 1. The van der Waals surface area contributed by atoms with Crippen molar-refractivity contribution in [2.45, 2.75) is 56.1 Å². The summed E-state index contributed by atoms with van der Waals surface area (Å²) in [6.07, 6.45) is -0.0799. The number of fused-ring (bicyclic) bond motifs is 3. The molecule has 4 aliphatic rings. The lowest BCUT2D eigenvalue weighted by atomic mass is 9.88. The van der Waals surface area contributed by atoms with Gasteiger partial charge in [0.25, 0.3) is 0 Å². The molecule has 12 heteroatoms. The van der Waals surface area contributed by atoms with Gasteiger partial charge >= 0.3 is 12.1 Å². The van der Waals surface area contributed by atoms with E-state index in [0.717, 1.165) is 28.3 Å². The molecule has 2 fully saturated rings. The second-order valence-corrected chi connectivity index (χ2v) is 14.1. The highest BCUT2D eigenvalue weighted by atomic mass is 32.2. The van der Waals surface area contributed by atoms with E-state index in [1.165, 1.54) is 6.20 Å². The monoisotopic (exact) mass is 628 g/mol. The van der Waals surface area contributed by atoms with Gasteiger partial charge in [-0.1, -0.05) is 24.3 Å². The molecule has 1 aromatic heterocycles. The topological polar surface area (TPSA) is 96.8 Å². The lowest BCUT2D eigenvalue weighted by molar-refractivity contribution is -0.137. The standard InChI is InChI=1S/C32H28F4N2O5S/c33-27-14-26(32(34,35)36)23(12-21(27)16-43-28-13-20-11-24-29(25(20)15-37-28)30(24)31(39)40)19-3-1-17(2-4-19)18-7-9-38(10-8-18)44(41,42)22-5-6-22/h1-4,12-15,18,22,24H,5-11,16H2,(H,39,40)/t24-/m0/s1. The van der Waals surface area contributed by atoms with E-state index >= 15 is 0 Å². The summed E-state index contributed by atoms with van der Waals surface area (Å²) in [5, 5.41) is 8.99. The van der Waals surface area contributed by atoms with Crippen molar-refractivity contribution in [3.63, 3.8) is 0 Å². The number of pyridine rings is 1.